The maximum Gasteiger partial charge on any atom is 0.238 e. The first kappa shape index (κ1) is 35.5. The Morgan fingerprint density at radius 1 is 0.274 bits per heavy atom. The van der Waals surface area contributed by atoms with E-state index in [1.54, 1.807) is 0 Å². The van der Waals surface area contributed by atoms with Crippen molar-refractivity contribution in [1.82, 2.24) is 29.1 Å². The van der Waals surface area contributed by atoms with Gasteiger partial charge in [0, 0.05) is 43.8 Å². The number of aromatic nitrogens is 6. The number of benzene rings is 8. The van der Waals surface area contributed by atoms with E-state index in [0.717, 1.165) is 94.1 Å². The molecule has 4 aromatic heterocycles. The van der Waals surface area contributed by atoms with Gasteiger partial charge in [0.25, 0.3) is 0 Å². The summed E-state index contributed by atoms with van der Waals surface area (Å²) < 4.78 is 4.61. The van der Waals surface area contributed by atoms with Crippen LogP contribution in [0.15, 0.2) is 218 Å². The van der Waals surface area contributed by atoms with E-state index in [-0.39, 0.29) is 0 Å². The van der Waals surface area contributed by atoms with Gasteiger partial charge >= 0.3 is 0 Å². The largest absolute Gasteiger partial charge is 0.309 e. The molecule has 6 nitrogen and oxygen atoms in total. The topological polar surface area (TPSA) is 61.4 Å². The van der Waals surface area contributed by atoms with E-state index >= 15 is 0 Å². The fourth-order valence-corrected chi connectivity index (χ4v) is 8.99. The van der Waals surface area contributed by atoms with Crippen molar-refractivity contribution in [3.63, 3.8) is 0 Å². The van der Waals surface area contributed by atoms with Crippen LogP contribution in [0.25, 0.3) is 112 Å². The molecule has 8 aromatic carbocycles. The third-order valence-corrected chi connectivity index (χ3v) is 11.8. The molecule has 0 bridgehead atoms. The number of nitrogens with zero attached hydrogens (tertiary/aromatic N) is 6. The van der Waals surface area contributed by atoms with Crippen molar-refractivity contribution in [1.29, 1.82) is 0 Å². The Hall–Kier alpha value is -8.48. The van der Waals surface area contributed by atoms with E-state index in [2.05, 4.69) is 197 Å². The van der Waals surface area contributed by atoms with Crippen LogP contribution in [0.5, 0.6) is 0 Å². The molecule has 0 saturated heterocycles. The van der Waals surface area contributed by atoms with Crippen molar-refractivity contribution in [3.05, 3.63) is 218 Å². The second-order valence-electron chi connectivity index (χ2n) is 15.4. The molecular formula is C56H36N6. The molecule has 0 radical (unpaired) electrons. The third kappa shape index (κ3) is 5.88. The SMILES string of the molecule is c1ccc(-c2cccc(-c3ccccc3-n3c4ccccc4c4cc5c(cc43)c3ccccc3n5-c3nc(-c4ccccc4)nc(-c4ccccc4-c4ccccc4)n3)n2)cc1. The molecule has 0 amide bonds. The zero-order valence-corrected chi connectivity index (χ0v) is 33.5. The van der Waals surface area contributed by atoms with E-state index < -0.39 is 0 Å². The van der Waals surface area contributed by atoms with E-state index in [0.29, 0.717) is 17.6 Å². The molecule has 0 aliphatic rings. The molecule has 4 heterocycles. The molecule has 12 rings (SSSR count). The van der Waals surface area contributed by atoms with Gasteiger partial charge in [0.1, 0.15) is 0 Å². The Balaban J connectivity index is 1.12. The van der Waals surface area contributed by atoms with Crippen LogP contribution in [0.2, 0.25) is 0 Å². The lowest BCUT2D eigenvalue weighted by atomic mass is 9.99. The monoisotopic (exact) mass is 792 g/mol. The summed E-state index contributed by atoms with van der Waals surface area (Å²) in [5.41, 5.74) is 13.3. The first-order valence-corrected chi connectivity index (χ1v) is 20.8. The Morgan fingerprint density at radius 2 is 0.774 bits per heavy atom. The van der Waals surface area contributed by atoms with E-state index in [1.165, 1.54) is 0 Å². The highest BCUT2D eigenvalue weighted by Crippen LogP contribution is 2.41. The van der Waals surface area contributed by atoms with Crippen LogP contribution in [0, 0.1) is 0 Å². The van der Waals surface area contributed by atoms with Crippen molar-refractivity contribution < 1.29 is 0 Å². The second kappa shape index (κ2) is 14.7. The summed E-state index contributed by atoms with van der Waals surface area (Å²) in [5.74, 6) is 1.78. The van der Waals surface area contributed by atoms with Crippen molar-refractivity contribution in [2.75, 3.05) is 0 Å². The van der Waals surface area contributed by atoms with Crippen LogP contribution in [0.4, 0.5) is 0 Å². The van der Waals surface area contributed by atoms with Gasteiger partial charge in [-0.2, -0.15) is 9.97 Å². The van der Waals surface area contributed by atoms with Crippen LogP contribution in [0.1, 0.15) is 0 Å². The van der Waals surface area contributed by atoms with Crippen molar-refractivity contribution in [3.8, 4) is 68.1 Å². The molecule has 0 aliphatic carbocycles. The molecule has 0 fully saturated rings. The number of para-hydroxylation sites is 3. The molecule has 6 heteroatoms. The van der Waals surface area contributed by atoms with Gasteiger partial charge in [-0.3, -0.25) is 4.57 Å². The van der Waals surface area contributed by atoms with Crippen molar-refractivity contribution in [2.45, 2.75) is 0 Å². The summed E-state index contributed by atoms with van der Waals surface area (Å²) in [6, 6.07) is 76.1. The summed E-state index contributed by atoms with van der Waals surface area (Å²) in [6.07, 6.45) is 0. The van der Waals surface area contributed by atoms with Crippen LogP contribution in [-0.2, 0) is 0 Å². The van der Waals surface area contributed by atoms with E-state index in [9.17, 15) is 0 Å². The predicted molar refractivity (Wildman–Crippen MR) is 253 cm³/mol. The third-order valence-electron chi connectivity index (χ3n) is 11.8. The molecular weight excluding hydrogens is 757 g/mol. The van der Waals surface area contributed by atoms with Gasteiger partial charge in [0.15, 0.2) is 11.6 Å². The number of rotatable bonds is 7. The van der Waals surface area contributed by atoms with Gasteiger partial charge in [-0.15, -0.1) is 0 Å². The molecule has 12 aromatic rings. The Labute approximate surface area is 357 Å². The lowest BCUT2D eigenvalue weighted by Crippen LogP contribution is -2.06. The molecule has 0 atom stereocenters. The van der Waals surface area contributed by atoms with Gasteiger partial charge in [-0.1, -0.05) is 176 Å². The lowest BCUT2D eigenvalue weighted by Gasteiger charge is -2.14. The molecule has 0 aliphatic heterocycles. The fourth-order valence-electron chi connectivity index (χ4n) is 8.99. The standard InChI is InChI=1S/C56H36N6/c1-4-19-37(20-5-1)40-25-10-11-28-43(40)55-58-54(39-23-8-3-9-24-39)59-56(60-55)62-50-33-16-13-27-42(50)46-35-52-45(36-53(46)62)41-26-12-15-32-49(41)61(52)51-34-17-14-29-44(51)48-31-18-30-47(57-48)38-21-6-2-7-22-38/h1-36H. The summed E-state index contributed by atoms with van der Waals surface area (Å²) in [6.45, 7) is 0. The highest BCUT2D eigenvalue weighted by Gasteiger charge is 2.23. The normalized spacial score (nSPS) is 11.5. The molecule has 0 spiro atoms. The van der Waals surface area contributed by atoms with Gasteiger partial charge in [-0.25, -0.2) is 9.97 Å². The summed E-state index contributed by atoms with van der Waals surface area (Å²) in [4.78, 5) is 21.0. The maximum atomic E-state index is 5.36. The van der Waals surface area contributed by atoms with Crippen LogP contribution >= 0.6 is 0 Å². The first-order chi connectivity index (χ1) is 30.8. The van der Waals surface area contributed by atoms with Gasteiger partial charge in [0.05, 0.1) is 39.1 Å². The van der Waals surface area contributed by atoms with Crippen LogP contribution in [-0.4, -0.2) is 29.1 Å². The fraction of sp³-hybridized carbons (Fsp3) is 0. The first-order valence-electron chi connectivity index (χ1n) is 20.8. The average Bonchev–Trinajstić information content (AvgIpc) is 3.86. The lowest BCUT2D eigenvalue weighted by molar-refractivity contribution is 0.954. The van der Waals surface area contributed by atoms with Crippen molar-refractivity contribution >= 4 is 43.6 Å². The average molecular weight is 793 g/mol. The van der Waals surface area contributed by atoms with Gasteiger partial charge in [-0.05, 0) is 53.6 Å². The number of fused-ring (bicyclic) bond motifs is 6. The summed E-state index contributed by atoms with van der Waals surface area (Å²) >= 11 is 0. The summed E-state index contributed by atoms with van der Waals surface area (Å²) in [5, 5.41) is 4.50. The highest BCUT2D eigenvalue weighted by atomic mass is 15.2. The zero-order valence-electron chi connectivity index (χ0n) is 33.5. The predicted octanol–water partition coefficient (Wildman–Crippen LogP) is 13.8. The minimum Gasteiger partial charge on any atom is -0.309 e. The minimum atomic E-state index is 0.556. The maximum absolute atomic E-state index is 5.36. The molecule has 0 N–H and O–H groups in total. The Bertz CT molecular complexity index is 3630. The summed E-state index contributed by atoms with van der Waals surface area (Å²) in [7, 11) is 0. The number of pyridine rings is 1. The molecule has 0 unspecified atom stereocenters. The van der Waals surface area contributed by atoms with Crippen LogP contribution in [0.3, 0.4) is 0 Å². The molecule has 62 heavy (non-hydrogen) atoms. The van der Waals surface area contributed by atoms with E-state index in [4.69, 9.17) is 19.9 Å². The van der Waals surface area contributed by atoms with E-state index in [1.807, 2.05) is 30.3 Å². The zero-order chi connectivity index (χ0) is 41.0. The van der Waals surface area contributed by atoms with Crippen molar-refractivity contribution in [2.24, 2.45) is 0 Å². The smallest absolute Gasteiger partial charge is 0.238 e. The molecule has 290 valence electrons. The highest BCUT2D eigenvalue weighted by molar-refractivity contribution is 6.19. The Morgan fingerprint density at radius 3 is 1.47 bits per heavy atom. The van der Waals surface area contributed by atoms with Crippen LogP contribution < -0.4 is 0 Å². The Kier molecular flexibility index (Phi) is 8.38. The number of hydrogen-bond donors (Lipinski definition) is 0. The molecule has 0 saturated carbocycles. The second-order valence-corrected chi connectivity index (χ2v) is 15.4. The van der Waals surface area contributed by atoms with Gasteiger partial charge < -0.3 is 4.57 Å². The quantitative estimate of drug-likeness (QED) is 0.161. The number of hydrogen-bond acceptors (Lipinski definition) is 4. The minimum absolute atomic E-state index is 0.556. The van der Waals surface area contributed by atoms with Gasteiger partial charge in [0.2, 0.25) is 5.95 Å².